The lowest BCUT2D eigenvalue weighted by Gasteiger charge is -2.07. The summed E-state index contributed by atoms with van der Waals surface area (Å²) in [5, 5.41) is 0. The normalized spacial score (nSPS) is 22.2. The molecule has 0 amide bonds. The van der Waals surface area contributed by atoms with E-state index in [1.165, 1.54) is 6.08 Å². The van der Waals surface area contributed by atoms with Gasteiger partial charge in [-0.2, -0.15) is 0 Å². The molecule has 1 atom stereocenters. The van der Waals surface area contributed by atoms with Crippen molar-refractivity contribution in [3.63, 3.8) is 0 Å². The predicted octanol–water partition coefficient (Wildman–Crippen LogP) is 1.82. The molecule has 3 heteroatoms. The van der Waals surface area contributed by atoms with E-state index in [1.807, 2.05) is 6.92 Å². The molecule has 0 aromatic carbocycles. The van der Waals surface area contributed by atoms with Crippen molar-refractivity contribution in [1.29, 1.82) is 0 Å². The summed E-state index contributed by atoms with van der Waals surface area (Å²) in [7, 11) is 0. The third-order valence-electron chi connectivity index (χ3n) is 1.84. The van der Waals surface area contributed by atoms with E-state index in [0.717, 1.165) is 11.1 Å². The zero-order valence-electron chi connectivity index (χ0n) is 6.61. The number of hydrogen-bond donors (Lipinski definition) is 0. The van der Waals surface area contributed by atoms with E-state index in [-0.39, 0.29) is 12.1 Å². The molecule has 1 unspecified atom stereocenters. The molecule has 0 fully saturated rings. The first-order valence-electron chi connectivity index (χ1n) is 3.68. The molecule has 0 spiro atoms. The van der Waals surface area contributed by atoms with E-state index >= 15 is 0 Å². The topological polar surface area (TPSA) is 39.4 Å². The minimum atomic E-state index is -0.279. The summed E-state index contributed by atoms with van der Waals surface area (Å²) in [6.45, 7) is 1.86. The molecule has 2 rings (SSSR count). The smallest absolute Gasteiger partial charge is 0.331 e. The lowest BCUT2D eigenvalue weighted by molar-refractivity contribution is -0.139. The maximum absolute atomic E-state index is 10.8. The molecule has 2 heterocycles. The second-order valence-electron chi connectivity index (χ2n) is 2.76. The summed E-state index contributed by atoms with van der Waals surface area (Å²) in [6.07, 6.45) is 4.41. The van der Waals surface area contributed by atoms with Crippen LogP contribution in [0.3, 0.4) is 0 Å². The van der Waals surface area contributed by atoms with E-state index < -0.39 is 0 Å². The fraction of sp³-hybridized carbons (Fsp3) is 0.222. The van der Waals surface area contributed by atoms with Crippen LogP contribution in [0.2, 0.25) is 0 Å². The minimum Gasteiger partial charge on any atom is -0.472 e. The maximum Gasteiger partial charge on any atom is 0.331 e. The zero-order valence-corrected chi connectivity index (χ0v) is 6.61. The van der Waals surface area contributed by atoms with Gasteiger partial charge in [0.05, 0.1) is 12.5 Å². The Kier molecular flexibility index (Phi) is 1.50. The van der Waals surface area contributed by atoms with Crippen LogP contribution in [0.5, 0.6) is 0 Å². The number of carbonyl (C=O) groups is 1. The van der Waals surface area contributed by atoms with Crippen molar-refractivity contribution >= 4 is 5.97 Å². The third kappa shape index (κ3) is 1.03. The molecule has 0 radical (unpaired) electrons. The molecule has 1 aromatic heterocycles. The number of rotatable bonds is 1. The van der Waals surface area contributed by atoms with Gasteiger partial charge < -0.3 is 9.15 Å². The van der Waals surface area contributed by atoms with E-state index in [9.17, 15) is 4.79 Å². The van der Waals surface area contributed by atoms with Crippen molar-refractivity contribution in [1.82, 2.24) is 0 Å². The van der Waals surface area contributed by atoms with Crippen molar-refractivity contribution in [2.24, 2.45) is 0 Å². The largest absolute Gasteiger partial charge is 0.472 e. The lowest BCUT2D eigenvalue weighted by Crippen LogP contribution is -2.00. The van der Waals surface area contributed by atoms with Crippen molar-refractivity contribution in [2.45, 2.75) is 13.0 Å². The van der Waals surface area contributed by atoms with Crippen LogP contribution in [-0.2, 0) is 9.53 Å². The second kappa shape index (κ2) is 2.52. The Morgan fingerprint density at radius 2 is 2.33 bits per heavy atom. The van der Waals surface area contributed by atoms with Crippen LogP contribution in [0, 0.1) is 0 Å². The average Bonchev–Trinajstić information content (AvgIpc) is 2.58. The third-order valence-corrected chi connectivity index (χ3v) is 1.84. The standard InChI is InChI=1S/C9H8O3/c1-6-4-8(10)12-9(6)7-2-3-11-5-7/h2-5,9H,1H3. The Morgan fingerprint density at radius 3 is 2.83 bits per heavy atom. The van der Waals surface area contributed by atoms with E-state index in [0.29, 0.717) is 0 Å². The van der Waals surface area contributed by atoms with Crippen molar-refractivity contribution < 1.29 is 13.9 Å². The molecule has 1 aliphatic heterocycles. The molecule has 0 N–H and O–H groups in total. The number of furan rings is 1. The number of carbonyl (C=O) groups excluding carboxylic acids is 1. The average molecular weight is 164 g/mol. The number of ether oxygens (including phenoxy) is 1. The van der Waals surface area contributed by atoms with Gasteiger partial charge in [0, 0.05) is 11.6 Å². The first kappa shape index (κ1) is 7.16. The monoisotopic (exact) mass is 164 g/mol. The van der Waals surface area contributed by atoms with Gasteiger partial charge >= 0.3 is 5.97 Å². The van der Waals surface area contributed by atoms with Crippen LogP contribution in [0.1, 0.15) is 18.6 Å². The van der Waals surface area contributed by atoms with Crippen LogP contribution in [-0.4, -0.2) is 5.97 Å². The highest BCUT2D eigenvalue weighted by Crippen LogP contribution is 2.30. The van der Waals surface area contributed by atoms with Crippen LogP contribution >= 0.6 is 0 Å². The zero-order chi connectivity index (χ0) is 8.55. The number of hydrogen-bond acceptors (Lipinski definition) is 3. The number of esters is 1. The van der Waals surface area contributed by atoms with Crippen LogP contribution in [0.15, 0.2) is 34.7 Å². The highest BCUT2D eigenvalue weighted by molar-refractivity contribution is 5.85. The van der Waals surface area contributed by atoms with Gasteiger partial charge in [0.15, 0.2) is 6.10 Å². The Morgan fingerprint density at radius 1 is 1.50 bits per heavy atom. The molecule has 0 saturated carbocycles. The molecular weight excluding hydrogens is 156 g/mol. The van der Waals surface area contributed by atoms with Gasteiger partial charge in [-0.15, -0.1) is 0 Å². The lowest BCUT2D eigenvalue weighted by atomic mass is 10.1. The van der Waals surface area contributed by atoms with E-state index in [1.54, 1.807) is 18.6 Å². The fourth-order valence-corrected chi connectivity index (χ4v) is 1.26. The molecule has 1 aliphatic rings. The van der Waals surface area contributed by atoms with Gasteiger partial charge in [-0.05, 0) is 18.6 Å². The maximum atomic E-state index is 10.8. The molecule has 1 aromatic rings. The Labute approximate surface area is 69.6 Å². The van der Waals surface area contributed by atoms with Crippen LogP contribution in [0.25, 0.3) is 0 Å². The van der Waals surface area contributed by atoms with Gasteiger partial charge in [0.2, 0.25) is 0 Å². The second-order valence-corrected chi connectivity index (χ2v) is 2.76. The molecule has 0 bridgehead atoms. The Balaban J connectivity index is 2.29. The summed E-state index contributed by atoms with van der Waals surface area (Å²) in [6, 6.07) is 1.79. The van der Waals surface area contributed by atoms with E-state index in [4.69, 9.17) is 9.15 Å². The minimum absolute atomic E-state index is 0.240. The van der Waals surface area contributed by atoms with Gasteiger partial charge in [-0.25, -0.2) is 4.79 Å². The predicted molar refractivity (Wildman–Crippen MR) is 41.3 cm³/mol. The van der Waals surface area contributed by atoms with Crippen molar-refractivity contribution in [3.05, 3.63) is 35.8 Å². The molecular formula is C9H8O3. The summed E-state index contributed by atoms with van der Waals surface area (Å²) in [4.78, 5) is 10.8. The number of cyclic esters (lactones) is 1. The highest BCUT2D eigenvalue weighted by Gasteiger charge is 2.24. The fourth-order valence-electron chi connectivity index (χ4n) is 1.26. The summed E-state index contributed by atoms with van der Waals surface area (Å²) in [5.74, 6) is -0.279. The molecule has 62 valence electrons. The SMILES string of the molecule is CC1=CC(=O)OC1c1ccoc1. The quantitative estimate of drug-likeness (QED) is 0.594. The molecule has 12 heavy (non-hydrogen) atoms. The first-order chi connectivity index (χ1) is 5.77. The molecule has 3 nitrogen and oxygen atoms in total. The van der Waals surface area contributed by atoms with Gasteiger partial charge in [0.25, 0.3) is 0 Å². The first-order valence-corrected chi connectivity index (χ1v) is 3.68. The van der Waals surface area contributed by atoms with Gasteiger partial charge in [-0.3, -0.25) is 0 Å². The van der Waals surface area contributed by atoms with Crippen molar-refractivity contribution in [3.8, 4) is 0 Å². The Bertz CT molecular complexity index is 322. The highest BCUT2D eigenvalue weighted by atomic mass is 16.5. The Hall–Kier alpha value is -1.51. The van der Waals surface area contributed by atoms with Gasteiger partial charge in [0.1, 0.15) is 0 Å². The summed E-state index contributed by atoms with van der Waals surface area (Å²) >= 11 is 0. The van der Waals surface area contributed by atoms with Crippen molar-refractivity contribution in [2.75, 3.05) is 0 Å². The van der Waals surface area contributed by atoms with Crippen LogP contribution < -0.4 is 0 Å². The molecule has 0 aliphatic carbocycles. The summed E-state index contributed by atoms with van der Waals surface area (Å²) < 4.78 is 9.92. The van der Waals surface area contributed by atoms with E-state index in [2.05, 4.69) is 0 Å². The molecule has 0 saturated heterocycles. The van der Waals surface area contributed by atoms with Crippen LogP contribution in [0.4, 0.5) is 0 Å². The van der Waals surface area contributed by atoms with Gasteiger partial charge in [-0.1, -0.05) is 0 Å². The summed E-state index contributed by atoms with van der Waals surface area (Å²) in [5.41, 5.74) is 1.80.